The van der Waals surface area contributed by atoms with Gasteiger partial charge >= 0.3 is 0 Å². The van der Waals surface area contributed by atoms with Crippen LogP contribution in [0.5, 0.6) is 0 Å². The van der Waals surface area contributed by atoms with Gasteiger partial charge in [0.25, 0.3) is 0 Å². The molecule has 0 N–H and O–H groups in total. The van der Waals surface area contributed by atoms with Crippen molar-refractivity contribution >= 4 is 0 Å². The third-order valence-corrected chi connectivity index (χ3v) is 0.510. The van der Waals surface area contributed by atoms with Crippen molar-refractivity contribution in [3.8, 4) is 23.7 Å². The summed E-state index contributed by atoms with van der Waals surface area (Å²) in [6.45, 7) is 3.69. The summed E-state index contributed by atoms with van der Waals surface area (Å²) in [6, 6.07) is 0. The Balaban J connectivity index is 3.63. The molecule has 0 radical (unpaired) electrons. The van der Waals surface area contributed by atoms with E-state index in [4.69, 9.17) is 0 Å². The van der Waals surface area contributed by atoms with Gasteiger partial charge in [-0.05, 0) is 31.8 Å². The van der Waals surface area contributed by atoms with Gasteiger partial charge in [0, 0.05) is 0 Å². The zero-order chi connectivity index (χ0) is 6.24. The molecule has 0 heterocycles. The van der Waals surface area contributed by atoms with Gasteiger partial charge < -0.3 is 0 Å². The second-order valence-corrected chi connectivity index (χ2v) is 1.14. The maximum absolute atomic E-state index is 2.73. The summed E-state index contributed by atoms with van der Waals surface area (Å²) in [5, 5.41) is 0. The Bertz CT molecular complexity index is 176. The van der Waals surface area contributed by atoms with E-state index in [1.807, 2.05) is 13.0 Å². The van der Waals surface area contributed by atoms with Crippen LogP contribution in [0.3, 0.4) is 0 Å². The van der Waals surface area contributed by atoms with E-state index in [9.17, 15) is 0 Å². The molecule has 0 aliphatic rings. The zero-order valence-electron chi connectivity index (χ0n) is 5.15. The molecule has 0 nitrogen and oxygen atoms in total. The van der Waals surface area contributed by atoms with E-state index in [2.05, 4.69) is 23.7 Å². The lowest BCUT2D eigenvalue weighted by Crippen LogP contribution is -1.47. The molecule has 0 amide bonds. The highest BCUT2D eigenvalue weighted by atomic mass is 13.5. The second-order valence-electron chi connectivity index (χ2n) is 1.14. The van der Waals surface area contributed by atoms with Crippen LogP contribution in [0.1, 0.15) is 13.8 Å². The summed E-state index contributed by atoms with van der Waals surface area (Å²) in [7, 11) is 0. The van der Waals surface area contributed by atoms with E-state index in [-0.39, 0.29) is 0 Å². The van der Waals surface area contributed by atoms with Crippen molar-refractivity contribution in [3.05, 3.63) is 12.2 Å². The summed E-state index contributed by atoms with van der Waals surface area (Å²) >= 11 is 0. The third-order valence-electron chi connectivity index (χ3n) is 0.510. The molecule has 0 aliphatic carbocycles. The minimum absolute atomic E-state index is 1.77. The van der Waals surface area contributed by atoms with Gasteiger partial charge in [-0.25, -0.2) is 0 Å². The Kier molecular flexibility index (Phi) is 5.02. The van der Waals surface area contributed by atoms with Gasteiger partial charge in [-0.2, -0.15) is 0 Å². The van der Waals surface area contributed by atoms with Crippen molar-refractivity contribution in [2.45, 2.75) is 13.8 Å². The number of hydrogen-bond donors (Lipinski definition) is 0. The molecular weight excluding hydrogens is 96.1 g/mol. The molecule has 0 spiro atoms. The zero-order valence-corrected chi connectivity index (χ0v) is 5.15. The van der Waals surface area contributed by atoms with E-state index >= 15 is 0 Å². The monoisotopic (exact) mass is 104 g/mol. The Labute approximate surface area is 50.6 Å². The molecule has 0 unspecified atom stereocenters. The maximum atomic E-state index is 2.73. The van der Waals surface area contributed by atoms with Crippen LogP contribution in [0.2, 0.25) is 0 Å². The van der Waals surface area contributed by atoms with Crippen LogP contribution in [0.15, 0.2) is 12.2 Å². The summed E-state index contributed by atoms with van der Waals surface area (Å²) in [5.41, 5.74) is 0. The quantitative estimate of drug-likeness (QED) is 0.409. The Morgan fingerprint density at radius 1 is 1.25 bits per heavy atom. The summed E-state index contributed by atoms with van der Waals surface area (Å²) in [5.74, 6) is 10.7. The summed E-state index contributed by atoms with van der Waals surface area (Å²) in [6.07, 6.45) is 3.65. The molecule has 0 atom stereocenters. The Morgan fingerprint density at radius 2 is 2.00 bits per heavy atom. The highest BCUT2D eigenvalue weighted by Crippen LogP contribution is 1.62. The predicted octanol–water partition coefficient (Wildman–Crippen LogP) is 1.59. The van der Waals surface area contributed by atoms with Crippen molar-refractivity contribution in [2.75, 3.05) is 0 Å². The molecule has 40 valence electrons. The standard InChI is InChI=1S/C8H8/c1-3-5-7-8-6-4-2/h3,5H,1-2H3/b5-3+. The SMILES string of the molecule is CC#CC#C/C=C/C. The average molecular weight is 104 g/mol. The minimum Gasteiger partial charge on any atom is -0.0925 e. The van der Waals surface area contributed by atoms with Crippen molar-refractivity contribution in [2.24, 2.45) is 0 Å². The van der Waals surface area contributed by atoms with E-state index < -0.39 is 0 Å². The van der Waals surface area contributed by atoms with Crippen LogP contribution in [0.25, 0.3) is 0 Å². The molecule has 8 heavy (non-hydrogen) atoms. The average Bonchev–Trinajstić information content (AvgIpc) is 1.81. The molecule has 0 aromatic heterocycles. The van der Waals surface area contributed by atoms with Crippen molar-refractivity contribution < 1.29 is 0 Å². The van der Waals surface area contributed by atoms with Gasteiger partial charge in [0.1, 0.15) is 0 Å². The normalized spacial score (nSPS) is 6.75. The van der Waals surface area contributed by atoms with Crippen molar-refractivity contribution in [3.63, 3.8) is 0 Å². The lowest BCUT2D eigenvalue weighted by Gasteiger charge is -1.57. The van der Waals surface area contributed by atoms with E-state index in [0.717, 1.165) is 0 Å². The Hall–Kier alpha value is -1.14. The fourth-order valence-electron chi connectivity index (χ4n) is 0.224. The third kappa shape index (κ3) is 4.86. The van der Waals surface area contributed by atoms with Crippen LogP contribution >= 0.6 is 0 Å². The molecule has 0 aromatic rings. The smallest absolute Gasteiger partial charge is 0.00168 e. The first-order valence-corrected chi connectivity index (χ1v) is 2.45. The van der Waals surface area contributed by atoms with Crippen LogP contribution in [-0.4, -0.2) is 0 Å². The largest absolute Gasteiger partial charge is 0.0925 e. The number of allylic oxidation sites excluding steroid dienone is 2. The van der Waals surface area contributed by atoms with E-state index in [1.165, 1.54) is 0 Å². The molecule has 0 saturated carbocycles. The minimum atomic E-state index is 1.77. The van der Waals surface area contributed by atoms with Crippen molar-refractivity contribution in [1.29, 1.82) is 0 Å². The molecule has 0 fully saturated rings. The number of rotatable bonds is 0. The predicted molar refractivity (Wildman–Crippen MR) is 36.0 cm³/mol. The summed E-state index contributed by atoms with van der Waals surface area (Å²) in [4.78, 5) is 0. The van der Waals surface area contributed by atoms with Gasteiger partial charge in [0.05, 0.1) is 0 Å². The molecule has 0 bridgehead atoms. The lowest BCUT2D eigenvalue weighted by atomic mass is 10.5. The van der Waals surface area contributed by atoms with E-state index in [1.54, 1.807) is 13.0 Å². The highest BCUT2D eigenvalue weighted by Gasteiger charge is 1.50. The molecule has 0 aliphatic heterocycles. The molecule has 0 aromatic carbocycles. The van der Waals surface area contributed by atoms with Gasteiger partial charge in [-0.3, -0.25) is 0 Å². The Morgan fingerprint density at radius 3 is 2.50 bits per heavy atom. The van der Waals surface area contributed by atoms with Gasteiger partial charge in [-0.1, -0.05) is 17.9 Å². The molecular formula is C8H8. The van der Waals surface area contributed by atoms with Crippen LogP contribution in [0.4, 0.5) is 0 Å². The molecule has 0 saturated heterocycles. The lowest BCUT2D eigenvalue weighted by molar-refractivity contribution is 1.76. The molecule has 0 heteroatoms. The fraction of sp³-hybridized carbons (Fsp3) is 0.250. The highest BCUT2D eigenvalue weighted by molar-refractivity contribution is 5.29. The first-order chi connectivity index (χ1) is 3.91. The van der Waals surface area contributed by atoms with Crippen molar-refractivity contribution in [1.82, 2.24) is 0 Å². The summed E-state index contributed by atoms with van der Waals surface area (Å²) < 4.78 is 0. The van der Waals surface area contributed by atoms with Crippen LogP contribution in [-0.2, 0) is 0 Å². The molecule has 0 rings (SSSR count). The van der Waals surface area contributed by atoms with Gasteiger partial charge in [0.2, 0.25) is 0 Å². The second kappa shape index (κ2) is 5.86. The maximum Gasteiger partial charge on any atom is -0.00168 e. The first kappa shape index (κ1) is 6.86. The first-order valence-electron chi connectivity index (χ1n) is 2.45. The van der Waals surface area contributed by atoms with Gasteiger partial charge in [-0.15, -0.1) is 0 Å². The fourth-order valence-corrected chi connectivity index (χ4v) is 0.224. The van der Waals surface area contributed by atoms with Crippen LogP contribution < -0.4 is 0 Å². The van der Waals surface area contributed by atoms with Crippen LogP contribution in [0, 0.1) is 23.7 Å². The van der Waals surface area contributed by atoms with Gasteiger partial charge in [0.15, 0.2) is 0 Å². The van der Waals surface area contributed by atoms with E-state index in [0.29, 0.717) is 0 Å². The topological polar surface area (TPSA) is 0 Å². The number of hydrogen-bond acceptors (Lipinski definition) is 0.